The number of carbonyl (C=O) groups is 1. The number of hydrogen-bond donors (Lipinski definition) is 1. The molecular formula is C13H18O2. The fourth-order valence-corrected chi connectivity index (χ4v) is 1.71. The van der Waals surface area contributed by atoms with Crippen LogP contribution in [-0.4, -0.2) is 18.0 Å². The van der Waals surface area contributed by atoms with Gasteiger partial charge in [-0.05, 0) is 55.4 Å². The lowest BCUT2D eigenvalue weighted by Gasteiger charge is -2.14. The minimum atomic E-state index is 0.100. The van der Waals surface area contributed by atoms with Gasteiger partial charge in [0.2, 0.25) is 0 Å². The van der Waals surface area contributed by atoms with E-state index in [0.29, 0.717) is 0 Å². The quantitative estimate of drug-likeness (QED) is 0.569. The van der Waals surface area contributed by atoms with E-state index in [1.54, 1.807) is 0 Å². The number of hydrogen-bond acceptors (Lipinski definition) is 2. The standard InChI is InChI=1S/C13H18O2/c1-10(8-14)6-12-4-3-5-13(7-12)11(2)9-15/h6-7,9,14H,3-5,8H2,1-2H3/b10-6+,13-11+. The van der Waals surface area contributed by atoms with Gasteiger partial charge in [0.15, 0.2) is 0 Å². The van der Waals surface area contributed by atoms with Crippen LogP contribution >= 0.6 is 0 Å². The number of allylic oxidation sites excluding steroid dienone is 5. The van der Waals surface area contributed by atoms with Crippen molar-refractivity contribution < 1.29 is 9.90 Å². The molecule has 2 nitrogen and oxygen atoms in total. The number of carbonyl (C=O) groups excluding carboxylic acids is 1. The molecule has 0 aromatic heterocycles. The predicted molar refractivity (Wildman–Crippen MR) is 61.5 cm³/mol. The molecule has 0 aliphatic heterocycles. The molecule has 0 saturated carbocycles. The van der Waals surface area contributed by atoms with Crippen LogP contribution in [0.2, 0.25) is 0 Å². The molecule has 0 bridgehead atoms. The summed E-state index contributed by atoms with van der Waals surface area (Å²) in [7, 11) is 0. The molecule has 0 aromatic rings. The second kappa shape index (κ2) is 5.66. The minimum absolute atomic E-state index is 0.100. The van der Waals surface area contributed by atoms with Gasteiger partial charge in [0.25, 0.3) is 0 Å². The molecule has 2 heteroatoms. The highest BCUT2D eigenvalue weighted by Crippen LogP contribution is 2.25. The van der Waals surface area contributed by atoms with Crippen LogP contribution in [0.4, 0.5) is 0 Å². The molecule has 1 rings (SSSR count). The molecule has 0 amide bonds. The molecule has 0 heterocycles. The average molecular weight is 206 g/mol. The highest BCUT2D eigenvalue weighted by molar-refractivity contribution is 5.74. The molecule has 0 radical (unpaired) electrons. The zero-order valence-electron chi connectivity index (χ0n) is 9.42. The summed E-state index contributed by atoms with van der Waals surface area (Å²) in [6.07, 6.45) is 8.11. The minimum Gasteiger partial charge on any atom is -0.392 e. The number of aldehydes is 1. The van der Waals surface area contributed by atoms with Gasteiger partial charge in [0.1, 0.15) is 6.29 Å². The number of aliphatic hydroxyl groups is 1. The normalized spacial score (nSPS) is 21.0. The maximum Gasteiger partial charge on any atom is 0.146 e. The maximum absolute atomic E-state index is 10.6. The van der Waals surface area contributed by atoms with E-state index in [1.807, 2.05) is 19.9 Å². The topological polar surface area (TPSA) is 37.3 Å². The van der Waals surface area contributed by atoms with Gasteiger partial charge in [0.05, 0.1) is 6.61 Å². The van der Waals surface area contributed by atoms with E-state index in [0.717, 1.165) is 42.3 Å². The molecule has 1 aliphatic rings. The van der Waals surface area contributed by atoms with Crippen molar-refractivity contribution in [1.82, 2.24) is 0 Å². The summed E-state index contributed by atoms with van der Waals surface area (Å²) in [4.78, 5) is 10.6. The van der Waals surface area contributed by atoms with Gasteiger partial charge < -0.3 is 5.11 Å². The first-order valence-electron chi connectivity index (χ1n) is 5.31. The van der Waals surface area contributed by atoms with Crippen LogP contribution in [0.5, 0.6) is 0 Å². The Bertz CT molecular complexity index is 332. The largest absolute Gasteiger partial charge is 0.392 e. The molecule has 15 heavy (non-hydrogen) atoms. The molecule has 0 unspecified atom stereocenters. The van der Waals surface area contributed by atoms with E-state index in [-0.39, 0.29) is 6.61 Å². The predicted octanol–water partition coefficient (Wildman–Crippen LogP) is 2.55. The Labute approximate surface area is 91.0 Å². The SMILES string of the molecule is C/C(=C\C1=CC(=C(\C)C=O)/CCC1)CO. The molecular weight excluding hydrogens is 188 g/mol. The second-order valence-corrected chi connectivity index (χ2v) is 4.05. The van der Waals surface area contributed by atoms with E-state index in [2.05, 4.69) is 6.08 Å². The molecule has 82 valence electrons. The van der Waals surface area contributed by atoms with Crippen molar-refractivity contribution in [3.05, 3.63) is 34.4 Å². The molecule has 1 aliphatic carbocycles. The summed E-state index contributed by atoms with van der Waals surface area (Å²) >= 11 is 0. The van der Waals surface area contributed by atoms with Gasteiger partial charge >= 0.3 is 0 Å². The van der Waals surface area contributed by atoms with E-state index >= 15 is 0 Å². The lowest BCUT2D eigenvalue weighted by Crippen LogP contribution is -1.97. The lowest BCUT2D eigenvalue weighted by molar-refractivity contribution is -0.104. The lowest BCUT2D eigenvalue weighted by atomic mass is 9.92. The van der Waals surface area contributed by atoms with Crippen molar-refractivity contribution in [2.24, 2.45) is 0 Å². The maximum atomic E-state index is 10.6. The van der Waals surface area contributed by atoms with Crippen LogP contribution in [0, 0.1) is 0 Å². The molecule has 0 aromatic carbocycles. The van der Waals surface area contributed by atoms with Crippen LogP contribution in [0.25, 0.3) is 0 Å². The van der Waals surface area contributed by atoms with E-state index in [4.69, 9.17) is 5.11 Å². The third kappa shape index (κ3) is 3.48. The Kier molecular flexibility index (Phi) is 4.50. The van der Waals surface area contributed by atoms with Crippen LogP contribution in [0.1, 0.15) is 33.1 Å². The fourth-order valence-electron chi connectivity index (χ4n) is 1.71. The van der Waals surface area contributed by atoms with Crippen molar-refractivity contribution in [1.29, 1.82) is 0 Å². The summed E-state index contributed by atoms with van der Waals surface area (Å²) < 4.78 is 0. The summed E-state index contributed by atoms with van der Waals surface area (Å²) in [5.74, 6) is 0. The molecule has 0 spiro atoms. The average Bonchev–Trinajstić information content (AvgIpc) is 2.28. The summed E-state index contributed by atoms with van der Waals surface area (Å²) in [5.41, 5.74) is 4.13. The Morgan fingerprint density at radius 3 is 2.80 bits per heavy atom. The van der Waals surface area contributed by atoms with Gasteiger partial charge in [-0.1, -0.05) is 12.2 Å². The molecule has 0 atom stereocenters. The van der Waals surface area contributed by atoms with E-state index < -0.39 is 0 Å². The van der Waals surface area contributed by atoms with Crippen molar-refractivity contribution in [2.75, 3.05) is 6.61 Å². The van der Waals surface area contributed by atoms with Crippen LogP contribution in [0.3, 0.4) is 0 Å². The number of aliphatic hydroxyl groups excluding tert-OH is 1. The number of rotatable bonds is 3. The Hall–Kier alpha value is -1.15. The van der Waals surface area contributed by atoms with Crippen molar-refractivity contribution >= 4 is 6.29 Å². The van der Waals surface area contributed by atoms with Gasteiger partial charge in [0, 0.05) is 0 Å². The Balaban J connectivity index is 2.92. The fraction of sp³-hybridized carbons (Fsp3) is 0.462. The zero-order valence-corrected chi connectivity index (χ0v) is 9.42. The van der Waals surface area contributed by atoms with Gasteiger partial charge in [-0.25, -0.2) is 0 Å². The summed E-state index contributed by atoms with van der Waals surface area (Å²) in [5, 5.41) is 8.92. The monoisotopic (exact) mass is 206 g/mol. The summed E-state index contributed by atoms with van der Waals surface area (Å²) in [6.45, 7) is 3.86. The zero-order chi connectivity index (χ0) is 11.3. The van der Waals surface area contributed by atoms with Crippen LogP contribution in [-0.2, 0) is 4.79 Å². The van der Waals surface area contributed by atoms with E-state index in [9.17, 15) is 4.79 Å². The van der Waals surface area contributed by atoms with Gasteiger partial charge in [-0.2, -0.15) is 0 Å². The smallest absolute Gasteiger partial charge is 0.146 e. The molecule has 0 saturated heterocycles. The summed E-state index contributed by atoms with van der Waals surface area (Å²) in [6, 6.07) is 0. The first-order chi connectivity index (χ1) is 7.17. The Morgan fingerprint density at radius 2 is 2.20 bits per heavy atom. The first-order valence-corrected chi connectivity index (χ1v) is 5.31. The third-order valence-electron chi connectivity index (χ3n) is 2.64. The van der Waals surface area contributed by atoms with Gasteiger partial charge in [-0.3, -0.25) is 4.79 Å². The van der Waals surface area contributed by atoms with Crippen LogP contribution < -0.4 is 0 Å². The van der Waals surface area contributed by atoms with Crippen molar-refractivity contribution in [3.63, 3.8) is 0 Å². The van der Waals surface area contributed by atoms with Gasteiger partial charge in [-0.15, -0.1) is 0 Å². The van der Waals surface area contributed by atoms with E-state index in [1.165, 1.54) is 5.57 Å². The molecule has 1 N–H and O–H groups in total. The highest BCUT2D eigenvalue weighted by atomic mass is 16.3. The highest BCUT2D eigenvalue weighted by Gasteiger charge is 2.08. The van der Waals surface area contributed by atoms with Crippen molar-refractivity contribution in [2.45, 2.75) is 33.1 Å². The third-order valence-corrected chi connectivity index (χ3v) is 2.64. The second-order valence-electron chi connectivity index (χ2n) is 4.05. The molecule has 0 fully saturated rings. The Morgan fingerprint density at radius 1 is 1.47 bits per heavy atom. The van der Waals surface area contributed by atoms with Crippen molar-refractivity contribution in [3.8, 4) is 0 Å². The first kappa shape index (κ1) is 11.9. The van der Waals surface area contributed by atoms with Crippen LogP contribution in [0.15, 0.2) is 34.4 Å².